The van der Waals surface area contributed by atoms with E-state index < -0.39 is 10.0 Å². The van der Waals surface area contributed by atoms with Gasteiger partial charge in [-0.1, -0.05) is 5.21 Å². The molecule has 0 N–H and O–H groups in total. The lowest BCUT2D eigenvalue weighted by molar-refractivity contribution is 0.0746. The smallest absolute Gasteiger partial charge is 0.253 e. The number of carbonyl (C=O) groups excluding carboxylic acids is 1. The lowest BCUT2D eigenvalue weighted by atomic mass is 10.2. The normalized spacial score (nSPS) is 17.9. The monoisotopic (exact) mass is 456 g/mol. The van der Waals surface area contributed by atoms with Gasteiger partial charge < -0.3 is 9.80 Å². The van der Waals surface area contributed by atoms with Crippen LogP contribution in [-0.2, 0) is 17.1 Å². The summed E-state index contributed by atoms with van der Waals surface area (Å²) >= 11 is 0. The highest BCUT2D eigenvalue weighted by molar-refractivity contribution is 7.89. The van der Waals surface area contributed by atoms with E-state index in [4.69, 9.17) is 0 Å². The molecule has 12 heteroatoms. The minimum Gasteiger partial charge on any atom is -0.351 e. The van der Waals surface area contributed by atoms with E-state index in [1.165, 1.54) is 22.8 Å². The third-order valence-electron chi connectivity index (χ3n) is 6.04. The van der Waals surface area contributed by atoms with Gasteiger partial charge in [-0.15, -0.1) is 5.10 Å². The maximum atomic E-state index is 13.0. The minimum absolute atomic E-state index is 0.109. The number of benzene rings is 1. The number of sulfonamides is 1. The van der Waals surface area contributed by atoms with Gasteiger partial charge in [-0.2, -0.15) is 4.31 Å². The zero-order chi connectivity index (χ0) is 22.3. The van der Waals surface area contributed by atoms with E-state index in [1.54, 1.807) is 28.8 Å². The first-order valence-corrected chi connectivity index (χ1v) is 12.0. The van der Waals surface area contributed by atoms with E-state index in [0.717, 1.165) is 12.8 Å². The lowest BCUT2D eigenvalue weighted by Gasteiger charge is -2.35. The molecule has 0 unspecified atom stereocenters. The van der Waals surface area contributed by atoms with Gasteiger partial charge in [-0.05, 0) is 37.1 Å². The maximum Gasteiger partial charge on any atom is 0.253 e. The zero-order valence-electron chi connectivity index (χ0n) is 17.8. The highest BCUT2D eigenvalue weighted by Gasteiger charge is 2.28. The Morgan fingerprint density at radius 3 is 2.31 bits per heavy atom. The predicted octanol–water partition coefficient (Wildman–Crippen LogP) is 0.505. The zero-order valence-corrected chi connectivity index (χ0v) is 18.6. The van der Waals surface area contributed by atoms with Crippen molar-refractivity contribution in [3.63, 3.8) is 0 Å². The Hall–Kier alpha value is -3.12. The number of amides is 1. The summed E-state index contributed by atoms with van der Waals surface area (Å²) in [7, 11) is -1.70. The number of aryl methyl sites for hydroxylation is 1. The second-order valence-corrected chi connectivity index (χ2v) is 9.94. The van der Waals surface area contributed by atoms with Crippen LogP contribution >= 0.6 is 0 Å². The van der Waals surface area contributed by atoms with Crippen LogP contribution in [0.15, 0.2) is 35.5 Å². The number of anilines is 1. The summed E-state index contributed by atoms with van der Waals surface area (Å²) in [5.74, 6) is 0.605. The molecule has 1 aromatic carbocycles. The molecule has 0 aliphatic carbocycles. The molecule has 2 aromatic heterocycles. The Morgan fingerprint density at radius 1 is 0.938 bits per heavy atom. The molecule has 11 nitrogen and oxygen atoms in total. The van der Waals surface area contributed by atoms with E-state index in [-0.39, 0.29) is 10.8 Å². The van der Waals surface area contributed by atoms with Crippen molar-refractivity contribution in [3.05, 3.63) is 36.2 Å². The quantitative estimate of drug-likeness (QED) is 0.557. The minimum atomic E-state index is -3.48. The van der Waals surface area contributed by atoms with Crippen molar-refractivity contribution in [2.75, 3.05) is 44.2 Å². The van der Waals surface area contributed by atoms with E-state index in [0.29, 0.717) is 61.8 Å². The maximum absolute atomic E-state index is 13.0. The molecule has 32 heavy (non-hydrogen) atoms. The summed E-state index contributed by atoms with van der Waals surface area (Å²) in [6.45, 7) is 3.38. The fourth-order valence-corrected chi connectivity index (χ4v) is 5.74. The molecule has 4 heterocycles. The van der Waals surface area contributed by atoms with Gasteiger partial charge in [0.25, 0.3) is 5.91 Å². The molecule has 168 valence electrons. The predicted molar refractivity (Wildman–Crippen MR) is 117 cm³/mol. The highest BCUT2D eigenvalue weighted by Crippen LogP contribution is 2.23. The summed E-state index contributed by atoms with van der Waals surface area (Å²) in [6.07, 6.45) is 3.27. The third kappa shape index (κ3) is 3.58. The van der Waals surface area contributed by atoms with Gasteiger partial charge in [0.2, 0.25) is 10.0 Å². The van der Waals surface area contributed by atoms with Crippen molar-refractivity contribution in [3.8, 4) is 0 Å². The second kappa shape index (κ2) is 8.10. The Balaban J connectivity index is 1.26. The summed E-state index contributed by atoms with van der Waals surface area (Å²) in [5.41, 5.74) is 1.79. The van der Waals surface area contributed by atoms with E-state index in [9.17, 15) is 13.2 Å². The number of rotatable bonds is 4. The van der Waals surface area contributed by atoms with Crippen LogP contribution in [0.25, 0.3) is 11.2 Å². The molecule has 3 aromatic rings. The molecule has 2 aliphatic heterocycles. The number of fused-ring (bicyclic) bond motifs is 1. The molecule has 2 fully saturated rings. The molecular formula is C20H24N8O3S. The molecule has 0 spiro atoms. The summed E-state index contributed by atoms with van der Waals surface area (Å²) in [5, 5.41) is 8.18. The number of piperazine rings is 1. The summed E-state index contributed by atoms with van der Waals surface area (Å²) < 4.78 is 28.5. The molecule has 0 saturated carbocycles. The molecule has 2 saturated heterocycles. The first kappa shape index (κ1) is 20.8. The third-order valence-corrected chi connectivity index (χ3v) is 7.95. The van der Waals surface area contributed by atoms with Gasteiger partial charge in [-0.3, -0.25) is 4.79 Å². The van der Waals surface area contributed by atoms with Gasteiger partial charge in [0.1, 0.15) is 6.33 Å². The van der Waals surface area contributed by atoms with E-state index in [2.05, 4.69) is 25.2 Å². The lowest BCUT2D eigenvalue weighted by Crippen LogP contribution is -2.49. The SMILES string of the molecule is Cn1nnc2c(N3CCN(C(=O)c4ccc(S(=O)(=O)N5CCCC5)cc4)CC3)ncnc21. The largest absolute Gasteiger partial charge is 0.351 e. The van der Waals surface area contributed by atoms with Crippen LogP contribution in [0.5, 0.6) is 0 Å². The van der Waals surface area contributed by atoms with Gasteiger partial charge >= 0.3 is 0 Å². The first-order chi connectivity index (χ1) is 15.4. The van der Waals surface area contributed by atoms with Crippen molar-refractivity contribution in [2.24, 2.45) is 7.05 Å². The van der Waals surface area contributed by atoms with Gasteiger partial charge in [0, 0.05) is 51.9 Å². The molecule has 2 aliphatic rings. The summed E-state index contributed by atoms with van der Waals surface area (Å²) in [4.78, 5) is 25.6. The number of aromatic nitrogens is 5. The molecule has 0 bridgehead atoms. The van der Waals surface area contributed by atoms with E-state index >= 15 is 0 Å². The van der Waals surface area contributed by atoms with Crippen LogP contribution < -0.4 is 4.90 Å². The van der Waals surface area contributed by atoms with Crippen LogP contribution in [0.1, 0.15) is 23.2 Å². The molecule has 1 amide bonds. The number of carbonyl (C=O) groups is 1. The topological polar surface area (TPSA) is 117 Å². The van der Waals surface area contributed by atoms with Crippen LogP contribution in [0, 0.1) is 0 Å². The van der Waals surface area contributed by atoms with Crippen LogP contribution in [0.3, 0.4) is 0 Å². The highest BCUT2D eigenvalue weighted by atomic mass is 32.2. The van der Waals surface area contributed by atoms with Crippen molar-refractivity contribution in [1.29, 1.82) is 0 Å². The molecular weight excluding hydrogens is 432 g/mol. The Kier molecular flexibility index (Phi) is 5.25. The number of nitrogens with zero attached hydrogens (tertiary/aromatic N) is 8. The molecule has 5 rings (SSSR count). The van der Waals surface area contributed by atoms with Gasteiger partial charge in [-0.25, -0.2) is 23.1 Å². The molecule has 0 radical (unpaired) electrons. The fourth-order valence-electron chi connectivity index (χ4n) is 4.22. The van der Waals surface area contributed by atoms with Gasteiger partial charge in [0.05, 0.1) is 4.90 Å². The first-order valence-electron chi connectivity index (χ1n) is 10.6. The number of hydrogen-bond acceptors (Lipinski definition) is 8. The average Bonchev–Trinajstić information content (AvgIpc) is 3.50. The van der Waals surface area contributed by atoms with E-state index in [1.807, 2.05) is 0 Å². The van der Waals surface area contributed by atoms with Crippen molar-refractivity contribution >= 4 is 32.9 Å². The van der Waals surface area contributed by atoms with Crippen LogP contribution in [0.2, 0.25) is 0 Å². The van der Waals surface area contributed by atoms with Crippen LogP contribution in [-0.4, -0.2) is 87.8 Å². The standard InChI is InChI=1S/C20H24N8O3S/c1-25-18-17(23-24-25)19(22-14-21-18)26-10-12-27(13-11-26)20(29)15-4-6-16(7-5-15)32(30,31)28-8-2-3-9-28/h4-7,14H,2-3,8-13H2,1H3. The fraction of sp³-hybridized carbons (Fsp3) is 0.450. The summed E-state index contributed by atoms with van der Waals surface area (Å²) in [6, 6.07) is 6.27. The number of hydrogen-bond donors (Lipinski definition) is 0. The van der Waals surface area contributed by atoms with Crippen molar-refractivity contribution < 1.29 is 13.2 Å². The molecule has 0 atom stereocenters. The van der Waals surface area contributed by atoms with Crippen LogP contribution in [0.4, 0.5) is 5.82 Å². The Morgan fingerprint density at radius 2 is 1.62 bits per heavy atom. The van der Waals surface area contributed by atoms with Crippen molar-refractivity contribution in [1.82, 2.24) is 34.2 Å². The second-order valence-electron chi connectivity index (χ2n) is 8.00. The van der Waals surface area contributed by atoms with Gasteiger partial charge in [0.15, 0.2) is 17.0 Å². The van der Waals surface area contributed by atoms with Crippen molar-refractivity contribution in [2.45, 2.75) is 17.7 Å². The Bertz CT molecular complexity index is 1240. The Labute approximate surface area is 185 Å². The average molecular weight is 457 g/mol.